The van der Waals surface area contributed by atoms with E-state index in [2.05, 4.69) is 25.5 Å². The van der Waals surface area contributed by atoms with E-state index in [4.69, 9.17) is 0 Å². The van der Waals surface area contributed by atoms with E-state index < -0.39 is 0 Å². The van der Waals surface area contributed by atoms with Crippen molar-refractivity contribution in [2.45, 2.75) is 6.42 Å². The van der Waals surface area contributed by atoms with Crippen LogP contribution in [-0.4, -0.2) is 43.3 Å². The number of rotatable bonds is 3. The molecule has 2 aliphatic heterocycles. The quantitative estimate of drug-likeness (QED) is 0.852. The van der Waals surface area contributed by atoms with Crippen molar-refractivity contribution in [2.75, 3.05) is 36.4 Å². The van der Waals surface area contributed by atoms with Gasteiger partial charge in [-0.1, -0.05) is 0 Å². The van der Waals surface area contributed by atoms with E-state index in [0.717, 1.165) is 44.0 Å². The fourth-order valence-corrected chi connectivity index (χ4v) is 2.37. The lowest BCUT2D eigenvalue weighted by Crippen LogP contribution is -2.43. The summed E-state index contributed by atoms with van der Waals surface area (Å²) in [5.74, 6) is -0.178. The number of aromatic nitrogens is 1. The number of aliphatic imine (C=N–C) groups is 1. The van der Waals surface area contributed by atoms with Crippen molar-refractivity contribution >= 4 is 23.5 Å². The van der Waals surface area contributed by atoms with Crippen molar-refractivity contribution in [1.82, 2.24) is 10.3 Å². The maximum atomic E-state index is 12.1. The summed E-state index contributed by atoms with van der Waals surface area (Å²) in [6, 6.07) is 1.94. The minimum Gasteiger partial charge on any atom is -0.367 e. The highest BCUT2D eigenvalue weighted by Gasteiger charge is 2.17. The molecule has 0 aliphatic carbocycles. The van der Waals surface area contributed by atoms with Crippen LogP contribution in [0.4, 0.5) is 11.4 Å². The van der Waals surface area contributed by atoms with Gasteiger partial charge in [-0.2, -0.15) is 0 Å². The van der Waals surface area contributed by atoms with Crippen LogP contribution in [0.1, 0.15) is 6.42 Å². The third-order valence-corrected chi connectivity index (χ3v) is 3.38. The number of anilines is 2. The Morgan fingerprint density at radius 3 is 2.95 bits per heavy atom. The second-order valence-corrected chi connectivity index (χ2v) is 4.72. The summed E-state index contributed by atoms with van der Waals surface area (Å²) >= 11 is 0. The molecule has 1 saturated heterocycles. The largest absolute Gasteiger partial charge is 0.367 e. The zero-order valence-electron chi connectivity index (χ0n) is 11.2. The molecule has 2 aliphatic rings. The summed E-state index contributed by atoms with van der Waals surface area (Å²) in [7, 11) is 0. The van der Waals surface area contributed by atoms with Gasteiger partial charge >= 0.3 is 0 Å². The summed E-state index contributed by atoms with van der Waals surface area (Å²) in [4.78, 5) is 22.5. The molecule has 20 heavy (non-hydrogen) atoms. The Morgan fingerprint density at radius 2 is 2.20 bits per heavy atom. The standard InChI is InChI=1S/C14H17N5O/c20-14(11-2-1-4-17-11)18-12-10-16-5-3-13(12)19-8-6-15-7-9-19/h2-5,10,15H,1,6-9H2,(H,18,20). The summed E-state index contributed by atoms with van der Waals surface area (Å²) in [6.45, 7) is 3.75. The predicted molar refractivity (Wildman–Crippen MR) is 79.1 cm³/mol. The number of hydrogen-bond donors (Lipinski definition) is 2. The van der Waals surface area contributed by atoms with E-state index in [9.17, 15) is 4.79 Å². The molecule has 0 radical (unpaired) electrons. The number of carbonyl (C=O) groups is 1. The number of pyridine rings is 1. The number of amides is 1. The van der Waals surface area contributed by atoms with E-state index >= 15 is 0 Å². The smallest absolute Gasteiger partial charge is 0.274 e. The highest BCUT2D eigenvalue weighted by atomic mass is 16.2. The highest BCUT2D eigenvalue weighted by molar-refractivity contribution is 6.06. The van der Waals surface area contributed by atoms with E-state index in [1.165, 1.54) is 0 Å². The van der Waals surface area contributed by atoms with Gasteiger partial charge in [0.05, 0.1) is 17.6 Å². The Balaban J connectivity index is 1.78. The molecular weight excluding hydrogens is 254 g/mol. The fourth-order valence-electron chi connectivity index (χ4n) is 2.37. The van der Waals surface area contributed by atoms with Gasteiger partial charge in [0.2, 0.25) is 0 Å². The highest BCUT2D eigenvalue weighted by Crippen LogP contribution is 2.25. The van der Waals surface area contributed by atoms with Gasteiger partial charge in [-0.25, -0.2) is 0 Å². The molecule has 3 heterocycles. The van der Waals surface area contributed by atoms with Gasteiger partial charge in [0, 0.05) is 45.0 Å². The molecule has 0 saturated carbocycles. The molecule has 0 unspecified atom stereocenters. The molecule has 104 valence electrons. The fraction of sp³-hybridized carbons (Fsp3) is 0.357. The first-order chi connectivity index (χ1) is 9.84. The molecule has 3 rings (SSSR count). The SMILES string of the molecule is O=C(Nc1cnccc1N1CCNCC1)C1=CCC=N1. The Bertz CT molecular complexity index is 560. The van der Waals surface area contributed by atoms with Gasteiger partial charge in [0.25, 0.3) is 5.91 Å². The lowest BCUT2D eigenvalue weighted by molar-refractivity contribution is -0.112. The molecule has 1 aromatic rings. The van der Waals surface area contributed by atoms with Gasteiger partial charge in [-0.3, -0.25) is 14.8 Å². The molecule has 0 aromatic carbocycles. The zero-order chi connectivity index (χ0) is 13.8. The molecule has 1 fully saturated rings. The second kappa shape index (κ2) is 5.83. The number of piperazine rings is 1. The van der Waals surface area contributed by atoms with Crippen LogP contribution in [0.15, 0.2) is 35.2 Å². The van der Waals surface area contributed by atoms with Crippen molar-refractivity contribution in [1.29, 1.82) is 0 Å². The topological polar surface area (TPSA) is 69.6 Å². The summed E-state index contributed by atoms with van der Waals surface area (Å²) in [5.41, 5.74) is 2.22. The van der Waals surface area contributed by atoms with E-state index in [1.54, 1.807) is 18.6 Å². The molecule has 0 atom stereocenters. The number of hydrogen-bond acceptors (Lipinski definition) is 5. The van der Waals surface area contributed by atoms with Crippen LogP contribution in [-0.2, 0) is 4.79 Å². The average Bonchev–Trinajstić information content (AvgIpc) is 3.03. The maximum Gasteiger partial charge on any atom is 0.274 e. The molecule has 6 nitrogen and oxygen atoms in total. The average molecular weight is 271 g/mol. The monoisotopic (exact) mass is 271 g/mol. The van der Waals surface area contributed by atoms with Crippen LogP contribution in [0, 0.1) is 0 Å². The van der Waals surface area contributed by atoms with E-state index in [0.29, 0.717) is 5.70 Å². The second-order valence-electron chi connectivity index (χ2n) is 4.72. The molecule has 1 amide bonds. The van der Waals surface area contributed by atoms with Gasteiger partial charge < -0.3 is 15.5 Å². The number of allylic oxidation sites excluding steroid dienone is 1. The lowest BCUT2D eigenvalue weighted by Gasteiger charge is -2.30. The van der Waals surface area contributed by atoms with E-state index in [-0.39, 0.29) is 5.91 Å². The first kappa shape index (κ1) is 12.8. The zero-order valence-corrected chi connectivity index (χ0v) is 11.2. The Morgan fingerprint density at radius 1 is 1.35 bits per heavy atom. The first-order valence-corrected chi connectivity index (χ1v) is 6.78. The Labute approximate surface area is 117 Å². The normalized spacial score (nSPS) is 18.0. The first-order valence-electron chi connectivity index (χ1n) is 6.78. The van der Waals surface area contributed by atoms with Crippen LogP contribution < -0.4 is 15.5 Å². The number of nitrogens with one attached hydrogen (secondary N) is 2. The Kier molecular flexibility index (Phi) is 3.73. The molecule has 0 bridgehead atoms. The summed E-state index contributed by atoms with van der Waals surface area (Å²) in [6.07, 6.45) is 7.71. The third kappa shape index (κ3) is 2.70. The van der Waals surface area contributed by atoms with Gasteiger partial charge in [-0.15, -0.1) is 0 Å². The van der Waals surface area contributed by atoms with Gasteiger partial charge in [0.15, 0.2) is 0 Å². The summed E-state index contributed by atoms with van der Waals surface area (Å²) < 4.78 is 0. The molecule has 6 heteroatoms. The van der Waals surface area contributed by atoms with Crippen molar-refractivity contribution in [3.63, 3.8) is 0 Å². The number of nitrogens with zero attached hydrogens (tertiary/aromatic N) is 3. The number of carbonyl (C=O) groups excluding carboxylic acids is 1. The molecule has 0 spiro atoms. The minimum atomic E-state index is -0.178. The molecule has 2 N–H and O–H groups in total. The molecule has 1 aromatic heterocycles. The van der Waals surface area contributed by atoms with Gasteiger partial charge in [-0.05, 0) is 12.1 Å². The maximum absolute atomic E-state index is 12.1. The molecular formula is C14H17N5O. The Hall–Kier alpha value is -2.21. The van der Waals surface area contributed by atoms with Gasteiger partial charge in [0.1, 0.15) is 5.70 Å². The lowest BCUT2D eigenvalue weighted by atomic mass is 10.2. The third-order valence-electron chi connectivity index (χ3n) is 3.38. The summed E-state index contributed by atoms with van der Waals surface area (Å²) in [5, 5.41) is 6.22. The van der Waals surface area contributed by atoms with Crippen LogP contribution in [0.3, 0.4) is 0 Å². The van der Waals surface area contributed by atoms with Crippen LogP contribution in [0.25, 0.3) is 0 Å². The predicted octanol–water partition coefficient (Wildman–Crippen LogP) is 0.788. The van der Waals surface area contributed by atoms with Crippen molar-refractivity contribution in [3.8, 4) is 0 Å². The minimum absolute atomic E-state index is 0.178. The van der Waals surface area contributed by atoms with Crippen LogP contribution in [0.2, 0.25) is 0 Å². The van der Waals surface area contributed by atoms with Crippen molar-refractivity contribution in [3.05, 3.63) is 30.2 Å². The van der Waals surface area contributed by atoms with Crippen molar-refractivity contribution < 1.29 is 4.79 Å². The van der Waals surface area contributed by atoms with Crippen LogP contribution >= 0.6 is 0 Å². The van der Waals surface area contributed by atoms with Crippen LogP contribution in [0.5, 0.6) is 0 Å². The van der Waals surface area contributed by atoms with Crippen molar-refractivity contribution in [2.24, 2.45) is 4.99 Å². The van der Waals surface area contributed by atoms with E-state index in [1.807, 2.05) is 12.1 Å².